The van der Waals surface area contributed by atoms with Crippen LogP contribution < -0.4 is 4.74 Å². The summed E-state index contributed by atoms with van der Waals surface area (Å²) in [5.74, 6) is 1.57. The predicted octanol–water partition coefficient (Wildman–Crippen LogP) is 4.39. The fraction of sp³-hybridized carbons (Fsp3) is 0.700. The topological polar surface area (TPSA) is 21.7 Å². The molecule has 1 aromatic rings. The average molecular weight is 319 g/mol. The predicted molar refractivity (Wildman–Crippen MR) is 96.4 cm³/mol. The summed E-state index contributed by atoms with van der Waals surface area (Å²) in [5, 5.41) is 0. The standard InChI is InChI=1S/C20H33NO2/c1-15(2)19-9-8-16(3)12-20(19)22-11-7-6-10-21-13-17(4)23-18(5)14-21/h8-9,12,15,17-18H,6-7,10-11,13-14H2,1-5H3/t17-,18-/m1/s1. The Kier molecular flexibility index (Phi) is 6.91. The lowest BCUT2D eigenvalue weighted by Gasteiger charge is -2.35. The van der Waals surface area contributed by atoms with Gasteiger partial charge in [-0.2, -0.15) is 0 Å². The second-order valence-corrected chi connectivity index (χ2v) is 7.27. The Balaban J connectivity index is 1.72. The summed E-state index contributed by atoms with van der Waals surface area (Å²) in [6.45, 7) is 15.0. The van der Waals surface area contributed by atoms with Gasteiger partial charge in [-0.3, -0.25) is 4.90 Å². The maximum atomic E-state index is 6.07. The Bertz CT molecular complexity index is 477. The van der Waals surface area contributed by atoms with Gasteiger partial charge < -0.3 is 9.47 Å². The minimum atomic E-state index is 0.357. The first kappa shape index (κ1) is 18.3. The molecule has 0 unspecified atom stereocenters. The third kappa shape index (κ3) is 5.82. The van der Waals surface area contributed by atoms with Crippen LogP contribution in [0, 0.1) is 6.92 Å². The SMILES string of the molecule is Cc1ccc(C(C)C)c(OCCCCN2C[C@@H](C)O[C@H](C)C2)c1. The molecule has 23 heavy (non-hydrogen) atoms. The molecule has 130 valence electrons. The average Bonchev–Trinajstić information content (AvgIpc) is 2.45. The van der Waals surface area contributed by atoms with Gasteiger partial charge in [0.1, 0.15) is 5.75 Å². The lowest BCUT2D eigenvalue weighted by molar-refractivity contribution is -0.0682. The van der Waals surface area contributed by atoms with Gasteiger partial charge in [-0.05, 0) is 63.3 Å². The Morgan fingerprint density at radius 2 is 1.87 bits per heavy atom. The molecule has 1 aromatic carbocycles. The van der Waals surface area contributed by atoms with Crippen LogP contribution in [0.2, 0.25) is 0 Å². The molecule has 1 aliphatic heterocycles. The second kappa shape index (κ2) is 8.70. The van der Waals surface area contributed by atoms with Gasteiger partial charge in [0.05, 0.1) is 18.8 Å². The molecular formula is C20H33NO2. The Hall–Kier alpha value is -1.06. The van der Waals surface area contributed by atoms with E-state index in [1.807, 2.05) is 0 Å². The van der Waals surface area contributed by atoms with Crippen molar-refractivity contribution in [3.05, 3.63) is 29.3 Å². The fourth-order valence-electron chi connectivity index (χ4n) is 3.33. The number of hydrogen-bond donors (Lipinski definition) is 0. The number of benzene rings is 1. The van der Waals surface area contributed by atoms with E-state index in [2.05, 4.69) is 57.7 Å². The largest absolute Gasteiger partial charge is 0.493 e. The first-order valence-corrected chi connectivity index (χ1v) is 9.07. The molecular weight excluding hydrogens is 286 g/mol. The lowest BCUT2D eigenvalue weighted by Crippen LogP contribution is -2.45. The van der Waals surface area contributed by atoms with Crippen LogP contribution in [0.25, 0.3) is 0 Å². The summed E-state index contributed by atoms with van der Waals surface area (Å²) >= 11 is 0. The van der Waals surface area contributed by atoms with Gasteiger partial charge in [0.2, 0.25) is 0 Å². The zero-order valence-corrected chi connectivity index (χ0v) is 15.5. The molecule has 3 nitrogen and oxygen atoms in total. The number of unbranched alkanes of at least 4 members (excludes halogenated alkanes) is 1. The van der Waals surface area contributed by atoms with Crippen LogP contribution >= 0.6 is 0 Å². The summed E-state index contributed by atoms with van der Waals surface area (Å²) in [7, 11) is 0. The molecule has 3 heteroatoms. The smallest absolute Gasteiger partial charge is 0.122 e. The van der Waals surface area contributed by atoms with E-state index in [0.717, 1.165) is 38.4 Å². The molecule has 0 bridgehead atoms. The van der Waals surface area contributed by atoms with Gasteiger partial charge in [0, 0.05) is 13.1 Å². The molecule has 0 aliphatic carbocycles. The highest BCUT2D eigenvalue weighted by Gasteiger charge is 2.21. The molecule has 0 spiro atoms. The van der Waals surface area contributed by atoms with Gasteiger partial charge >= 0.3 is 0 Å². The van der Waals surface area contributed by atoms with Crippen molar-refractivity contribution in [1.29, 1.82) is 0 Å². The molecule has 2 rings (SSSR count). The Labute approximate surface area is 142 Å². The minimum absolute atomic E-state index is 0.357. The molecule has 0 aromatic heterocycles. The van der Waals surface area contributed by atoms with Crippen LogP contribution in [0.1, 0.15) is 57.6 Å². The summed E-state index contributed by atoms with van der Waals surface area (Å²) < 4.78 is 11.8. The quantitative estimate of drug-likeness (QED) is 0.696. The van der Waals surface area contributed by atoms with Crippen molar-refractivity contribution in [2.45, 2.75) is 65.6 Å². The van der Waals surface area contributed by atoms with Crippen LogP contribution in [0.15, 0.2) is 18.2 Å². The molecule has 0 N–H and O–H groups in total. The van der Waals surface area contributed by atoms with Crippen molar-refractivity contribution in [2.24, 2.45) is 0 Å². The molecule has 0 radical (unpaired) electrons. The summed E-state index contributed by atoms with van der Waals surface area (Å²) in [5.41, 5.74) is 2.58. The van der Waals surface area contributed by atoms with E-state index in [1.165, 1.54) is 17.5 Å². The first-order valence-electron chi connectivity index (χ1n) is 9.07. The Morgan fingerprint density at radius 3 is 2.52 bits per heavy atom. The highest BCUT2D eigenvalue weighted by molar-refractivity contribution is 5.39. The van der Waals surface area contributed by atoms with Crippen molar-refractivity contribution in [3.63, 3.8) is 0 Å². The first-order chi connectivity index (χ1) is 11.0. The highest BCUT2D eigenvalue weighted by atomic mass is 16.5. The third-order valence-corrected chi connectivity index (χ3v) is 4.41. The van der Waals surface area contributed by atoms with Gasteiger partial charge in [-0.1, -0.05) is 26.0 Å². The normalized spacial score (nSPS) is 22.5. The van der Waals surface area contributed by atoms with Gasteiger partial charge in [0.15, 0.2) is 0 Å². The lowest BCUT2D eigenvalue weighted by atomic mass is 10.0. The van der Waals surface area contributed by atoms with Crippen LogP contribution in [0.5, 0.6) is 5.75 Å². The number of ether oxygens (including phenoxy) is 2. The monoisotopic (exact) mass is 319 g/mol. The minimum Gasteiger partial charge on any atom is -0.493 e. The summed E-state index contributed by atoms with van der Waals surface area (Å²) in [6.07, 6.45) is 3.00. The number of morpholine rings is 1. The van der Waals surface area contributed by atoms with Crippen molar-refractivity contribution >= 4 is 0 Å². The van der Waals surface area contributed by atoms with E-state index >= 15 is 0 Å². The summed E-state index contributed by atoms with van der Waals surface area (Å²) in [4.78, 5) is 2.52. The van der Waals surface area contributed by atoms with E-state index in [-0.39, 0.29) is 0 Å². The second-order valence-electron chi connectivity index (χ2n) is 7.27. The van der Waals surface area contributed by atoms with E-state index in [4.69, 9.17) is 9.47 Å². The van der Waals surface area contributed by atoms with E-state index in [1.54, 1.807) is 0 Å². The molecule has 2 atom stereocenters. The fourth-order valence-corrected chi connectivity index (χ4v) is 3.33. The third-order valence-electron chi connectivity index (χ3n) is 4.41. The number of aryl methyl sites for hydroxylation is 1. The van der Waals surface area contributed by atoms with Crippen molar-refractivity contribution in [2.75, 3.05) is 26.2 Å². The van der Waals surface area contributed by atoms with Crippen molar-refractivity contribution in [1.82, 2.24) is 4.90 Å². The van der Waals surface area contributed by atoms with Crippen LogP contribution in [0.3, 0.4) is 0 Å². The Morgan fingerprint density at radius 1 is 1.17 bits per heavy atom. The molecule has 1 fully saturated rings. The van der Waals surface area contributed by atoms with Crippen molar-refractivity contribution in [3.8, 4) is 5.75 Å². The zero-order valence-electron chi connectivity index (χ0n) is 15.5. The van der Waals surface area contributed by atoms with Gasteiger partial charge in [-0.25, -0.2) is 0 Å². The molecule has 0 amide bonds. The van der Waals surface area contributed by atoms with Gasteiger partial charge in [-0.15, -0.1) is 0 Å². The molecule has 1 saturated heterocycles. The molecule has 1 heterocycles. The number of hydrogen-bond acceptors (Lipinski definition) is 3. The van der Waals surface area contributed by atoms with Crippen LogP contribution in [0.4, 0.5) is 0 Å². The number of nitrogens with zero attached hydrogens (tertiary/aromatic N) is 1. The van der Waals surface area contributed by atoms with Crippen molar-refractivity contribution < 1.29 is 9.47 Å². The molecule has 0 saturated carbocycles. The maximum absolute atomic E-state index is 6.07. The van der Waals surface area contributed by atoms with Crippen LogP contribution in [-0.2, 0) is 4.74 Å². The number of rotatable bonds is 7. The van der Waals surface area contributed by atoms with E-state index < -0.39 is 0 Å². The van der Waals surface area contributed by atoms with E-state index in [9.17, 15) is 0 Å². The summed E-state index contributed by atoms with van der Waals surface area (Å²) in [6, 6.07) is 6.54. The molecule has 1 aliphatic rings. The van der Waals surface area contributed by atoms with E-state index in [0.29, 0.717) is 18.1 Å². The maximum Gasteiger partial charge on any atom is 0.122 e. The van der Waals surface area contributed by atoms with Gasteiger partial charge in [0.25, 0.3) is 0 Å². The zero-order chi connectivity index (χ0) is 16.8. The van der Waals surface area contributed by atoms with Crippen LogP contribution in [-0.4, -0.2) is 43.3 Å². The highest BCUT2D eigenvalue weighted by Crippen LogP contribution is 2.27.